The molecule has 0 bridgehead atoms. The van der Waals surface area contributed by atoms with Crippen LogP contribution in [0.5, 0.6) is 0 Å². The Morgan fingerprint density at radius 2 is 1.95 bits per heavy atom. The van der Waals surface area contributed by atoms with Gasteiger partial charge in [0, 0.05) is 31.7 Å². The number of hydrogen-bond donors (Lipinski definition) is 0. The highest BCUT2D eigenvalue weighted by Crippen LogP contribution is 2.25. The van der Waals surface area contributed by atoms with Crippen LogP contribution in [0.3, 0.4) is 0 Å². The minimum Gasteiger partial charge on any atom is -0.444 e. The molecule has 6 heteroatoms. The van der Waals surface area contributed by atoms with Crippen molar-refractivity contribution >= 4 is 11.8 Å². The van der Waals surface area contributed by atoms with Crippen LogP contribution >= 0.6 is 0 Å². The van der Waals surface area contributed by atoms with Crippen molar-refractivity contribution in [1.29, 1.82) is 0 Å². The molecule has 0 radical (unpaired) electrons. The van der Waals surface area contributed by atoms with E-state index in [9.17, 15) is 13.6 Å². The Labute approximate surface area is 129 Å². The zero-order valence-electron chi connectivity index (χ0n) is 13.4. The van der Waals surface area contributed by atoms with E-state index in [1.54, 1.807) is 4.90 Å². The van der Waals surface area contributed by atoms with E-state index in [4.69, 9.17) is 4.74 Å². The molecule has 4 nitrogen and oxygen atoms in total. The highest BCUT2D eigenvalue weighted by Gasteiger charge is 2.30. The van der Waals surface area contributed by atoms with Crippen LogP contribution in [0, 0.1) is 11.6 Å². The maximum atomic E-state index is 13.9. The van der Waals surface area contributed by atoms with Gasteiger partial charge in [0.05, 0.1) is 5.69 Å². The molecule has 1 aliphatic heterocycles. The van der Waals surface area contributed by atoms with Crippen molar-refractivity contribution in [3.63, 3.8) is 0 Å². The summed E-state index contributed by atoms with van der Waals surface area (Å²) in [6.45, 7) is 8.71. The molecule has 122 valence electrons. The number of anilines is 1. The molecule has 0 spiro atoms. The standard InChI is InChI=1S/C16H22F2N2O2/c1-11-10-19(15(21)22-16(2,3)4)7-8-20(11)14-6-5-12(17)9-13(14)18/h5-6,9,11H,7-8,10H2,1-4H3/t11-/m0/s1. The number of nitrogens with zero attached hydrogens (tertiary/aromatic N) is 2. The van der Waals surface area contributed by atoms with Gasteiger partial charge >= 0.3 is 6.09 Å². The van der Waals surface area contributed by atoms with E-state index in [1.165, 1.54) is 12.1 Å². The summed E-state index contributed by atoms with van der Waals surface area (Å²) in [7, 11) is 0. The molecule has 2 rings (SSSR count). The number of piperazine rings is 1. The first kappa shape index (κ1) is 16.5. The minimum absolute atomic E-state index is 0.0822. The molecule has 1 saturated heterocycles. The second-order valence-corrected chi connectivity index (χ2v) is 6.56. The lowest BCUT2D eigenvalue weighted by atomic mass is 10.1. The van der Waals surface area contributed by atoms with Crippen LogP contribution in [0.15, 0.2) is 18.2 Å². The lowest BCUT2D eigenvalue weighted by Crippen LogP contribution is -2.54. The zero-order chi connectivity index (χ0) is 16.5. The fraction of sp³-hybridized carbons (Fsp3) is 0.562. The van der Waals surface area contributed by atoms with E-state index >= 15 is 0 Å². The Morgan fingerprint density at radius 1 is 1.27 bits per heavy atom. The second kappa shape index (κ2) is 6.10. The highest BCUT2D eigenvalue weighted by atomic mass is 19.1. The first-order chi connectivity index (χ1) is 10.2. The molecule has 0 saturated carbocycles. The van der Waals surface area contributed by atoms with Crippen LogP contribution in [-0.2, 0) is 4.74 Å². The molecule has 0 aliphatic carbocycles. The molecular weight excluding hydrogens is 290 g/mol. The Kier molecular flexibility index (Phi) is 4.58. The number of rotatable bonds is 1. The third-order valence-electron chi connectivity index (χ3n) is 3.50. The smallest absolute Gasteiger partial charge is 0.410 e. The van der Waals surface area contributed by atoms with E-state index in [0.29, 0.717) is 25.3 Å². The first-order valence-corrected chi connectivity index (χ1v) is 7.37. The van der Waals surface area contributed by atoms with E-state index in [0.717, 1.165) is 6.07 Å². The average Bonchev–Trinajstić information content (AvgIpc) is 2.37. The molecule has 1 amide bonds. The minimum atomic E-state index is -0.596. The van der Waals surface area contributed by atoms with Crippen LogP contribution in [0.25, 0.3) is 0 Å². The van der Waals surface area contributed by atoms with E-state index in [2.05, 4.69) is 0 Å². The Balaban J connectivity index is 2.05. The molecule has 0 aromatic heterocycles. The molecule has 1 aliphatic rings. The van der Waals surface area contributed by atoms with Gasteiger partial charge < -0.3 is 14.5 Å². The maximum absolute atomic E-state index is 13.9. The van der Waals surface area contributed by atoms with Gasteiger partial charge in [0.1, 0.15) is 17.2 Å². The number of amides is 1. The third-order valence-corrected chi connectivity index (χ3v) is 3.50. The molecule has 1 atom stereocenters. The van der Waals surface area contributed by atoms with Crippen molar-refractivity contribution in [2.75, 3.05) is 24.5 Å². The van der Waals surface area contributed by atoms with Crippen LogP contribution in [0.2, 0.25) is 0 Å². The molecule has 22 heavy (non-hydrogen) atoms. The topological polar surface area (TPSA) is 32.8 Å². The summed E-state index contributed by atoms with van der Waals surface area (Å²) in [5.74, 6) is -1.18. The van der Waals surface area contributed by atoms with Crippen molar-refractivity contribution < 1.29 is 18.3 Å². The van der Waals surface area contributed by atoms with Gasteiger partial charge in [-0.05, 0) is 39.8 Å². The summed E-state index contributed by atoms with van der Waals surface area (Å²) < 4.78 is 32.3. The lowest BCUT2D eigenvalue weighted by Gasteiger charge is -2.41. The van der Waals surface area contributed by atoms with Crippen molar-refractivity contribution in [2.24, 2.45) is 0 Å². The number of carbonyl (C=O) groups excluding carboxylic acids is 1. The summed E-state index contributed by atoms with van der Waals surface area (Å²) in [5, 5.41) is 0. The number of carbonyl (C=O) groups is 1. The quantitative estimate of drug-likeness (QED) is 0.796. The molecule has 1 heterocycles. The van der Waals surface area contributed by atoms with Crippen LogP contribution in [0.4, 0.5) is 19.3 Å². The van der Waals surface area contributed by atoms with Crippen molar-refractivity contribution in [3.8, 4) is 0 Å². The van der Waals surface area contributed by atoms with Gasteiger partial charge in [-0.15, -0.1) is 0 Å². The van der Waals surface area contributed by atoms with Gasteiger partial charge in [0.25, 0.3) is 0 Å². The molecule has 0 N–H and O–H groups in total. The van der Waals surface area contributed by atoms with E-state index in [-0.39, 0.29) is 12.1 Å². The number of benzene rings is 1. The van der Waals surface area contributed by atoms with E-state index in [1.807, 2.05) is 32.6 Å². The monoisotopic (exact) mass is 312 g/mol. The van der Waals surface area contributed by atoms with Gasteiger partial charge in [-0.25, -0.2) is 13.6 Å². The van der Waals surface area contributed by atoms with Crippen molar-refractivity contribution in [3.05, 3.63) is 29.8 Å². The largest absolute Gasteiger partial charge is 0.444 e. The summed E-state index contributed by atoms with van der Waals surface area (Å²) in [6.07, 6.45) is -0.362. The molecular formula is C16H22F2N2O2. The van der Waals surface area contributed by atoms with Crippen LogP contribution < -0.4 is 4.90 Å². The zero-order valence-corrected chi connectivity index (χ0v) is 13.4. The third kappa shape index (κ3) is 3.87. The van der Waals surface area contributed by atoms with Gasteiger partial charge in [-0.2, -0.15) is 0 Å². The fourth-order valence-corrected chi connectivity index (χ4v) is 2.52. The van der Waals surface area contributed by atoms with Gasteiger partial charge in [-0.1, -0.05) is 0 Å². The Bertz CT molecular complexity index is 558. The Morgan fingerprint density at radius 3 is 2.50 bits per heavy atom. The van der Waals surface area contributed by atoms with Crippen LogP contribution in [-0.4, -0.2) is 42.3 Å². The van der Waals surface area contributed by atoms with Crippen LogP contribution in [0.1, 0.15) is 27.7 Å². The molecule has 1 aromatic rings. The van der Waals surface area contributed by atoms with Gasteiger partial charge in [-0.3, -0.25) is 0 Å². The van der Waals surface area contributed by atoms with E-state index < -0.39 is 17.2 Å². The molecule has 1 aromatic carbocycles. The summed E-state index contributed by atoms with van der Waals surface area (Å²) in [5.41, 5.74) is -0.182. The number of ether oxygens (including phenoxy) is 1. The first-order valence-electron chi connectivity index (χ1n) is 7.37. The summed E-state index contributed by atoms with van der Waals surface area (Å²) >= 11 is 0. The van der Waals surface area contributed by atoms with Gasteiger partial charge in [0.2, 0.25) is 0 Å². The van der Waals surface area contributed by atoms with Crippen molar-refractivity contribution in [2.45, 2.75) is 39.3 Å². The average molecular weight is 312 g/mol. The summed E-state index contributed by atoms with van der Waals surface area (Å²) in [4.78, 5) is 15.5. The molecule has 0 unspecified atom stereocenters. The maximum Gasteiger partial charge on any atom is 0.410 e. The summed E-state index contributed by atoms with van der Waals surface area (Å²) in [6, 6.07) is 3.47. The Hall–Kier alpha value is -1.85. The SMILES string of the molecule is C[C@H]1CN(C(=O)OC(C)(C)C)CCN1c1ccc(F)cc1F. The second-order valence-electron chi connectivity index (χ2n) is 6.56. The van der Waals surface area contributed by atoms with Crippen molar-refractivity contribution in [1.82, 2.24) is 4.90 Å². The van der Waals surface area contributed by atoms with Gasteiger partial charge in [0.15, 0.2) is 0 Å². The predicted octanol–water partition coefficient (Wildman–Crippen LogP) is 3.41. The number of halogens is 2. The molecule has 1 fully saturated rings. The normalized spacial score (nSPS) is 19.3. The lowest BCUT2D eigenvalue weighted by molar-refractivity contribution is 0.0218. The number of hydrogen-bond acceptors (Lipinski definition) is 3. The predicted molar refractivity (Wildman–Crippen MR) is 81.0 cm³/mol. The highest BCUT2D eigenvalue weighted by molar-refractivity contribution is 5.69. The fourth-order valence-electron chi connectivity index (χ4n) is 2.52.